The third-order valence-corrected chi connectivity index (χ3v) is 4.00. The molecule has 5 nitrogen and oxygen atoms in total. The van der Waals surface area contributed by atoms with E-state index in [0.29, 0.717) is 5.56 Å². The number of pyridine rings is 1. The standard InChI is InChI=1S/C11H15NO4S/c1-9(11(13)16-2)7-17(14,15)8-10-4-3-5-12-6-10/h3-6,9H,7-8H2,1-2H3. The van der Waals surface area contributed by atoms with E-state index in [4.69, 9.17) is 0 Å². The van der Waals surface area contributed by atoms with E-state index in [1.165, 1.54) is 20.2 Å². The van der Waals surface area contributed by atoms with Crippen molar-refractivity contribution in [3.63, 3.8) is 0 Å². The summed E-state index contributed by atoms with van der Waals surface area (Å²) in [5.74, 6) is -1.49. The minimum absolute atomic E-state index is 0.109. The number of hydrogen-bond donors (Lipinski definition) is 0. The van der Waals surface area contributed by atoms with E-state index in [9.17, 15) is 13.2 Å². The zero-order valence-electron chi connectivity index (χ0n) is 9.79. The first-order valence-electron chi connectivity index (χ1n) is 5.12. The summed E-state index contributed by atoms with van der Waals surface area (Å²) in [6.07, 6.45) is 3.08. The molecule has 0 aliphatic rings. The van der Waals surface area contributed by atoms with Gasteiger partial charge in [0.05, 0.1) is 24.5 Å². The Morgan fingerprint density at radius 2 is 2.24 bits per heavy atom. The molecule has 0 aliphatic heterocycles. The van der Waals surface area contributed by atoms with E-state index in [0.717, 1.165) is 0 Å². The number of methoxy groups -OCH3 is 1. The van der Waals surface area contributed by atoms with Gasteiger partial charge in [-0.25, -0.2) is 8.42 Å². The third-order valence-electron chi connectivity index (χ3n) is 2.22. The maximum atomic E-state index is 11.8. The van der Waals surface area contributed by atoms with Gasteiger partial charge in [-0.1, -0.05) is 13.0 Å². The van der Waals surface area contributed by atoms with Crippen LogP contribution in [0.1, 0.15) is 12.5 Å². The number of carbonyl (C=O) groups excluding carboxylic acids is 1. The molecule has 0 radical (unpaired) electrons. The van der Waals surface area contributed by atoms with Gasteiger partial charge in [0.1, 0.15) is 0 Å². The highest BCUT2D eigenvalue weighted by Gasteiger charge is 2.22. The van der Waals surface area contributed by atoms with Crippen molar-refractivity contribution in [1.82, 2.24) is 4.98 Å². The van der Waals surface area contributed by atoms with Crippen molar-refractivity contribution < 1.29 is 17.9 Å². The van der Waals surface area contributed by atoms with Gasteiger partial charge in [-0.15, -0.1) is 0 Å². The topological polar surface area (TPSA) is 73.3 Å². The van der Waals surface area contributed by atoms with Gasteiger partial charge in [-0.2, -0.15) is 0 Å². The maximum absolute atomic E-state index is 11.8. The minimum Gasteiger partial charge on any atom is -0.469 e. The van der Waals surface area contributed by atoms with E-state index < -0.39 is 21.7 Å². The van der Waals surface area contributed by atoms with Crippen LogP contribution in [0.2, 0.25) is 0 Å². The summed E-state index contributed by atoms with van der Waals surface area (Å²) < 4.78 is 28.1. The van der Waals surface area contributed by atoms with Crippen LogP contribution in [0, 0.1) is 5.92 Å². The first-order valence-corrected chi connectivity index (χ1v) is 6.94. The largest absolute Gasteiger partial charge is 0.469 e. The Balaban J connectivity index is 2.67. The summed E-state index contributed by atoms with van der Waals surface area (Å²) in [6, 6.07) is 3.36. The molecule has 1 rings (SSSR count). The number of sulfone groups is 1. The minimum atomic E-state index is -3.33. The van der Waals surface area contributed by atoms with Crippen LogP contribution >= 0.6 is 0 Å². The Morgan fingerprint density at radius 1 is 1.53 bits per heavy atom. The van der Waals surface area contributed by atoms with Crippen LogP contribution in [0.25, 0.3) is 0 Å². The van der Waals surface area contributed by atoms with Crippen molar-refractivity contribution in [2.75, 3.05) is 12.9 Å². The van der Waals surface area contributed by atoms with Gasteiger partial charge in [0.2, 0.25) is 0 Å². The van der Waals surface area contributed by atoms with Crippen LogP contribution < -0.4 is 0 Å². The second kappa shape index (κ2) is 5.77. The van der Waals surface area contributed by atoms with E-state index in [1.807, 2.05) is 0 Å². The van der Waals surface area contributed by atoms with E-state index >= 15 is 0 Å². The fourth-order valence-electron chi connectivity index (χ4n) is 1.45. The summed E-state index contributed by atoms with van der Waals surface area (Å²) >= 11 is 0. The van der Waals surface area contributed by atoms with Crippen molar-refractivity contribution in [2.24, 2.45) is 5.92 Å². The zero-order chi connectivity index (χ0) is 12.9. The number of esters is 1. The molecule has 0 spiro atoms. The lowest BCUT2D eigenvalue weighted by Crippen LogP contribution is -2.23. The summed E-state index contributed by atoms with van der Waals surface area (Å²) in [5, 5.41) is 0. The Morgan fingerprint density at radius 3 is 2.76 bits per heavy atom. The predicted octanol–water partition coefficient (Wildman–Crippen LogP) is 0.805. The molecule has 0 bridgehead atoms. The molecule has 0 fully saturated rings. The lowest BCUT2D eigenvalue weighted by atomic mass is 10.2. The molecule has 17 heavy (non-hydrogen) atoms. The number of hydrogen-bond acceptors (Lipinski definition) is 5. The molecule has 0 amide bonds. The van der Waals surface area contributed by atoms with Gasteiger partial charge in [0.15, 0.2) is 9.84 Å². The molecule has 0 N–H and O–H groups in total. The second-order valence-corrected chi connectivity index (χ2v) is 5.95. The molecular weight excluding hydrogens is 242 g/mol. The highest BCUT2D eigenvalue weighted by molar-refractivity contribution is 7.90. The summed E-state index contributed by atoms with van der Waals surface area (Å²) in [7, 11) is -2.09. The summed E-state index contributed by atoms with van der Waals surface area (Å²) in [6.45, 7) is 1.53. The van der Waals surface area contributed by atoms with Crippen molar-refractivity contribution in [3.05, 3.63) is 30.1 Å². The number of carbonyl (C=O) groups is 1. The number of ether oxygens (including phenoxy) is 1. The van der Waals surface area contributed by atoms with E-state index in [2.05, 4.69) is 9.72 Å². The normalized spacial score (nSPS) is 13.1. The third kappa shape index (κ3) is 4.52. The molecule has 0 saturated carbocycles. The van der Waals surface area contributed by atoms with Gasteiger partial charge in [-0.05, 0) is 11.6 Å². The smallest absolute Gasteiger partial charge is 0.309 e. The van der Waals surface area contributed by atoms with Crippen molar-refractivity contribution in [1.29, 1.82) is 0 Å². The van der Waals surface area contributed by atoms with Gasteiger partial charge < -0.3 is 4.74 Å². The van der Waals surface area contributed by atoms with E-state index in [1.54, 1.807) is 18.3 Å². The average molecular weight is 257 g/mol. The maximum Gasteiger partial charge on any atom is 0.309 e. The molecule has 1 atom stereocenters. The molecule has 0 aliphatic carbocycles. The van der Waals surface area contributed by atoms with Crippen molar-refractivity contribution in [2.45, 2.75) is 12.7 Å². The molecule has 0 saturated heterocycles. The number of rotatable bonds is 5. The van der Waals surface area contributed by atoms with Gasteiger partial charge in [-0.3, -0.25) is 9.78 Å². The SMILES string of the molecule is COC(=O)C(C)CS(=O)(=O)Cc1cccnc1. The fraction of sp³-hybridized carbons (Fsp3) is 0.455. The van der Waals surface area contributed by atoms with Crippen LogP contribution in [0.4, 0.5) is 0 Å². The molecule has 1 heterocycles. The molecule has 94 valence electrons. The molecule has 1 aromatic heterocycles. The molecule has 6 heteroatoms. The summed E-state index contributed by atoms with van der Waals surface area (Å²) in [4.78, 5) is 15.0. The van der Waals surface area contributed by atoms with Gasteiger partial charge in [0, 0.05) is 12.4 Å². The van der Waals surface area contributed by atoms with Crippen molar-refractivity contribution >= 4 is 15.8 Å². The summed E-state index contributed by atoms with van der Waals surface area (Å²) in [5.41, 5.74) is 0.615. The predicted molar refractivity (Wildman–Crippen MR) is 62.9 cm³/mol. The lowest BCUT2D eigenvalue weighted by molar-refractivity contribution is -0.144. The van der Waals surface area contributed by atoms with Gasteiger partial charge >= 0.3 is 5.97 Å². The Hall–Kier alpha value is -1.43. The first-order chi connectivity index (χ1) is 7.94. The Bertz CT molecular complexity index is 470. The molecule has 1 unspecified atom stereocenters. The first kappa shape index (κ1) is 13.6. The highest BCUT2D eigenvalue weighted by atomic mass is 32.2. The van der Waals surface area contributed by atoms with E-state index in [-0.39, 0.29) is 11.5 Å². The monoisotopic (exact) mass is 257 g/mol. The zero-order valence-corrected chi connectivity index (χ0v) is 10.6. The molecule has 0 aromatic carbocycles. The number of nitrogens with zero attached hydrogens (tertiary/aromatic N) is 1. The lowest BCUT2D eigenvalue weighted by Gasteiger charge is -2.09. The van der Waals surface area contributed by atoms with Gasteiger partial charge in [0.25, 0.3) is 0 Å². The molecular formula is C11H15NO4S. The van der Waals surface area contributed by atoms with Crippen LogP contribution in [-0.4, -0.2) is 32.2 Å². The van der Waals surface area contributed by atoms with Crippen LogP contribution in [-0.2, 0) is 25.1 Å². The van der Waals surface area contributed by atoms with Crippen LogP contribution in [0.3, 0.4) is 0 Å². The highest BCUT2D eigenvalue weighted by Crippen LogP contribution is 2.10. The number of aromatic nitrogens is 1. The molecule has 1 aromatic rings. The average Bonchev–Trinajstić information content (AvgIpc) is 2.27. The quantitative estimate of drug-likeness (QED) is 0.730. The fourth-order valence-corrected chi connectivity index (χ4v) is 3.14. The van der Waals surface area contributed by atoms with Crippen molar-refractivity contribution in [3.8, 4) is 0 Å². The second-order valence-electron chi connectivity index (χ2n) is 3.84. The van der Waals surface area contributed by atoms with Crippen LogP contribution in [0.5, 0.6) is 0 Å². The Labute approximate surface area is 101 Å². The van der Waals surface area contributed by atoms with Crippen LogP contribution in [0.15, 0.2) is 24.5 Å². The Kier molecular flexibility index (Phi) is 4.62.